The molecule has 2 saturated carbocycles. The molecule has 2 aromatic carbocycles. The third-order valence-corrected chi connectivity index (χ3v) is 8.28. The first-order valence-electron chi connectivity index (χ1n) is 10.5. The van der Waals surface area contributed by atoms with E-state index in [0.717, 1.165) is 41.6 Å². The highest BCUT2D eigenvalue weighted by molar-refractivity contribution is 9.10. The predicted molar refractivity (Wildman–Crippen MR) is 122 cm³/mol. The van der Waals surface area contributed by atoms with Gasteiger partial charge in [0, 0.05) is 16.2 Å². The predicted octanol–water partition coefficient (Wildman–Crippen LogP) is 4.98. The molecule has 4 rings (SSSR count). The maximum atomic E-state index is 13.0. The number of carbonyl (C=O) groups excluding carboxylic acids is 1. The minimum atomic E-state index is -3.65. The van der Waals surface area contributed by atoms with E-state index in [0.29, 0.717) is 5.69 Å². The minimum absolute atomic E-state index is 0.116. The van der Waals surface area contributed by atoms with Crippen molar-refractivity contribution in [3.05, 3.63) is 58.6 Å². The summed E-state index contributed by atoms with van der Waals surface area (Å²) in [5, 5.41) is 3.27. The summed E-state index contributed by atoms with van der Waals surface area (Å²) in [5.41, 5.74) is 0.988. The highest BCUT2D eigenvalue weighted by Gasteiger charge is 2.51. The van der Waals surface area contributed by atoms with E-state index in [-0.39, 0.29) is 16.8 Å². The molecule has 0 spiro atoms. The standard InChI is InChI=1S/C23H27BrN2O3S/c1-16-2-8-19(9-3-16)25-22(27)23(14-15-23)17-4-10-20(11-5-17)26-30(28,29)21-12-6-18(24)7-13-21/h4-7,10-13,16,19,26H,2-3,8-9,14-15H2,1H3,(H,25,27). The third kappa shape index (κ3) is 4.57. The first-order valence-corrected chi connectivity index (χ1v) is 12.8. The van der Waals surface area contributed by atoms with Gasteiger partial charge in [0.2, 0.25) is 5.91 Å². The van der Waals surface area contributed by atoms with Gasteiger partial charge < -0.3 is 5.32 Å². The molecule has 160 valence electrons. The van der Waals surface area contributed by atoms with Gasteiger partial charge in [-0.1, -0.05) is 35.0 Å². The van der Waals surface area contributed by atoms with Crippen molar-refractivity contribution in [2.24, 2.45) is 5.92 Å². The largest absolute Gasteiger partial charge is 0.353 e. The second-order valence-electron chi connectivity index (χ2n) is 8.65. The van der Waals surface area contributed by atoms with Crippen LogP contribution in [-0.2, 0) is 20.2 Å². The summed E-state index contributed by atoms with van der Waals surface area (Å²) >= 11 is 3.31. The number of hydrogen-bond acceptors (Lipinski definition) is 3. The first kappa shape index (κ1) is 21.4. The smallest absolute Gasteiger partial charge is 0.261 e. The second kappa shape index (κ2) is 8.35. The van der Waals surface area contributed by atoms with Crippen molar-refractivity contribution < 1.29 is 13.2 Å². The van der Waals surface area contributed by atoms with Crippen LogP contribution in [0.3, 0.4) is 0 Å². The van der Waals surface area contributed by atoms with Crippen molar-refractivity contribution >= 4 is 37.5 Å². The Labute approximate surface area is 186 Å². The number of anilines is 1. The summed E-state index contributed by atoms with van der Waals surface area (Å²) in [6.07, 6.45) is 6.13. The van der Waals surface area contributed by atoms with Crippen molar-refractivity contribution in [3.63, 3.8) is 0 Å². The highest BCUT2D eigenvalue weighted by atomic mass is 79.9. The van der Waals surface area contributed by atoms with Gasteiger partial charge in [-0.3, -0.25) is 9.52 Å². The van der Waals surface area contributed by atoms with Crippen LogP contribution in [-0.4, -0.2) is 20.4 Å². The number of carbonyl (C=O) groups is 1. The van der Waals surface area contributed by atoms with Crippen molar-refractivity contribution in [2.75, 3.05) is 4.72 Å². The van der Waals surface area contributed by atoms with E-state index in [4.69, 9.17) is 0 Å². The molecule has 5 nitrogen and oxygen atoms in total. The quantitative estimate of drug-likeness (QED) is 0.599. The summed E-state index contributed by atoms with van der Waals surface area (Å²) in [5.74, 6) is 0.868. The average Bonchev–Trinajstić information content (AvgIpc) is 3.52. The van der Waals surface area contributed by atoms with Crippen molar-refractivity contribution in [3.8, 4) is 0 Å². The zero-order valence-electron chi connectivity index (χ0n) is 17.0. The molecule has 0 saturated heterocycles. The lowest BCUT2D eigenvalue weighted by Crippen LogP contribution is -2.43. The Kier molecular flexibility index (Phi) is 5.95. The van der Waals surface area contributed by atoms with Crippen LogP contribution in [0.25, 0.3) is 0 Å². The van der Waals surface area contributed by atoms with Gasteiger partial charge in [0.1, 0.15) is 0 Å². The Morgan fingerprint density at radius 1 is 0.967 bits per heavy atom. The van der Waals surface area contributed by atoms with E-state index < -0.39 is 15.4 Å². The monoisotopic (exact) mass is 490 g/mol. The molecule has 2 aromatic rings. The number of sulfonamides is 1. The number of benzene rings is 2. The zero-order valence-corrected chi connectivity index (χ0v) is 19.4. The van der Waals surface area contributed by atoms with E-state index in [1.807, 2.05) is 12.1 Å². The first-order chi connectivity index (χ1) is 14.3. The molecule has 7 heteroatoms. The number of hydrogen-bond donors (Lipinski definition) is 2. The molecule has 0 heterocycles. The summed E-state index contributed by atoms with van der Waals surface area (Å²) < 4.78 is 28.6. The number of amides is 1. The Bertz CT molecular complexity index is 1010. The van der Waals surface area contributed by atoms with Gasteiger partial charge in [0.25, 0.3) is 10.0 Å². The second-order valence-corrected chi connectivity index (χ2v) is 11.2. The van der Waals surface area contributed by atoms with Crippen LogP contribution in [0, 0.1) is 5.92 Å². The van der Waals surface area contributed by atoms with E-state index in [2.05, 4.69) is 32.9 Å². The fourth-order valence-corrected chi connectivity index (χ4v) is 5.51. The lowest BCUT2D eigenvalue weighted by atomic mass is 9.86. The van der Waals surface area contributed by atoms with Crippen LogP contribution in [0.2, 0.25) is 0 Å². The molecule has 0 radical (unpaired) electrons. The van der Waals surface area contributed by atoms with Crippen molar-refractivity contribution in [2.45, 2.75) is 61.8 Å². The van der Waals surface area contributed by atoms with Crippen LogP contribution in [0.15, 0.2) is 57.9 Å². The lowest BCUT2D eigenvalue weighted by molar-refractivity contribution is -0.124. The molecule has 1 amide bonds. The summed E-state index contributed by atoms with van der Waals surface area (Å²) in [4.78, 5) is 13.2. The van der Waals surface area contributed by atoms with Crippen LogP contribution in [0.1, 0.15) is 51.0 Å². The Balaban J connectivity index is 1.43. The number of rotatable bonds is 6. The summed E-state index contributed by atoms with van der Waals surface area (Å²) in [7, 11) is -3.65. The average molecular weight is 491 g/mol. The minimum Gasteiger partial charge on any atom is -0.353 e. The van der Waals surface area contributed by atoms with Gasteiger partial charge in [0.05, 0.1) is 10.3 Å². The van der Waals surface area contributed by atoms with E-state index in [9.17, 15) is 13.2 Å². The molecule has 0 aliphatic heterocycles. The summed E-state index contributed by atoms with van der Waals surface area (Å²) in [6, 6.07) is 14.0. The van der Waals surface area contributed by atoms with Gasteiger partial charge in [-0.2, -0.15) is 0 Å². The fraction of sp³-hybridized carbons (Fsp3) is 0.435. The molecule has 2 aliphatic carbocycles. The fourth-order valence-electron chi connectivity index (χ4n) is 4.18. The van der Waals surface area contributed by atoms with Crippen LogP contribution < -0.4 is 10.0 Å². The van der Waals surface area contributed by atoms with Gasteiger partial charge in [0.15, 0.2) is 0 Å². The van der Waals surface area contributed by atoms with Gasteiger partial charge in [-0.05, 0) is 86.4 Å². The Hall–Kier alpha value is -1.86. The van der Waals surface area contributed by atoms with E-state index in [1.54, 1.807) is 36.4 Å². The van der Waals surface area contributed by atoms with Crippen LogP contribution in [0.5, 0.6) is 0 Å². The molecule has 2 aliphatic rings. The van der Waals surface area contributed by atoms with Crippen LogP contribution >= 0.6 is 15.9 Å². The number of halogens is 1. The lowest BCUT2D eigenvalue weighted by Gasteiger charge is -2.28. The van der Waals surface area contributed by atoms with E-state index in [1.165, 1.54) is 12.8 Å². The molecule has 2 N–H and O–H groups in total. The maximum Gasteiger partial charge on any atom is 0.261 e. The zero-order chi connectivity index (χ0) is 21.4. The van der Waals surface area contributed by atoms with Crippen LogP contribution in [0.4, 0.5) is 5.69 Å². The topological polar surface area (TPSA) is 75.3 Å². The van der Waals surface area contributed by atoms with Gasteiger partial charge in [-0.15, -0.1) is 0 Å². The van der Waals surface area contributed by atoms with Crippen molar-refractivity contribution in [1.82, 2.24) is 5.32 Å². The molecule has 0 atom stereocenters. The molecule has 0 aromatic heterocycles. The third-order valence-electron chi connectivity index (χ3n) is 6.35. The SMILES string of the molecule is CC1CCC(NC(=O)C2(c3ccc(NS(=O)(=O)c4ccc(Br)cc4)cc3)CC2)CC1. The number of nitrogens with one attached hydrogen (secondary N) is 2. The highest BCUT2D eigenvalue weighted by Crippen LogP contribution is 2.49. The molecule has 0 unspecified atom stereocenters. The summed E-state index contributed by atoms with van der Waals surface area (Å²) in [6.45, 7) is 2.27. The molecule has 30 heavy (non-hydrogen) atoms. The molecule has 2 fully saturated rings. The molecule has 0 bridgehead atoms. The van der Waals surface area contributed by atoms with Crippen molar-refractivity contribution in [1.29, 1.82) is 0 Å². The normalized spacial score (nSPS) is 22.9. The Morgan fingerprint density at radius 3 is 2.13 bits per heavy atom. The van der Waals surface area contributed by atoms with Gasteiger partial charge >= 0.3 is 0 Å². The molecular formula is C23H27BrN2O3S. The van der Waals surface area contributed by atoms with E-state index >= 15 is 0 Å². The molecular weight excluding hydrogens is 464 g/mol. The Morgan fingerprint density at radius 2 is 1.57 bits per heavy atom. The maximum absolute atomic E-state index is 13.0. The van der Waals surface area contributed by atoms with Gasteiger partial charge in [-0.25, -0.2) is 8.42 Å².